The molecule has 1 saturated heterocycles. The van der Waals surface area contributed by atoms with Crippen LogP contribution in [0.3, 0.4) is 0 Å². The van der Waals surface area contributed by atoms with Crippen molar-refractivity contribution in [2.24, 2.45) is 0 Å². The van der Waals surface area contributed by atoms with Crippen LogP contribution in [0.25, 0.3) is 0 Å². The van der Waals surface area contributed by atoms with Gasteiger partial charge in [-0.1, -0.05) is 0 Å². The normalized spacial score (nSPS) is 24.7. The number of carbonyl (C=O) groups is 4. The second-order valence-electron chi connectivity index (χ2n) is 6.20. The van der Waals surface area contributed by atoms with Gasteiger partial charge in [0.2, 0.25) is 0 Å². The third kappa shape index (κ3) is 5.11. The summed E-state index contributed by atoms with van der Waals surface area (Å²) in [7, 11) is 0. The second-order valence-corrected chi connectivity index (χ2v) is 8.85. The number of rotatable bonds is 6. The molecule has 0 unspecified atom stereocenters. The molecule has 0 aromatic heterocycles. The van der Waals surface area contributed by atoms with E-state index in [2.05, 4.69) is 0 Å². The number of benzene rings is 1. The van der Waals surface area contributed by atoms with Crippen molar-refractivity contribution in [3.8, 4) is 0 Å². The Morgan fingerprint density at radius 1 is 0.929 bits per heavy atom. The monoisotopic (exact) mass is 458 g/mol. The summed E-state index contributed by atoms with van der Waals surface area (Å²) in [5.74, 6) is -2.41. The van der Waals surface area contributed by atoms with Gasteiger partial charge in [0.05, 0.1) is 0 Å². The number of hydrogen-bond donors (Lipinski definition) is 0. The van der Waals surface area contributed by atoms with E-state index in [-0.39, 0.29) is 0 Å². The first-order valence-electron chi connectivity index (χ1n) is 8.56. The van der Waals surface area contributed by atoms with Gasteiger partial charge in [-0.3, -0.25) is 0 Å². The average Bonchev–Trinajstić information content (AvgIpc) is 2.90. The minimum absolute atomic E-state index is 0.322. The zero-order valence-electron chi connectivity index (χ0n) is 16.0. The maximum absolute atomic E-state index is 12.0. The summed E-state index contributed by atoms with van der Waals surface area (Å²) in [6.45, 7) is 4.91. The van der Waals surface area contributed by atoms with E-state index in [4.69, 9.17) is 18.9 Å². The molecule has 1 aromatic rings. The van der Waals surface area contributed by atoms with Crippen molar-refractivity contribution in [1.82, 2.24) is 0 Å². The van der Waals surface area contributed by atoms with E-state index in [1.54, 1.807) is 30.3 Å². The Balaban J connectivity index is 2.60. The van der Waals surface area contributed by atoms with Crippen LogP contribution in [-0.4, -0.2) is 55.5 Å². The van der Waals surface area contributed by atoms with E-state index >= 15 is 0 Å². The predicted octanol–water partition coefficient (Wildman–Crippen LogP) is 1.55. The fourth-order valence-corrected chi connectivity index (χ4v) is 6.29. The Morgan fingerprint density at radius 2 is 1.54 bits per heavy atom. The molecule has 4 atom stereocenters. The average molecular weight is 457 g/mol. The van der Waals surface area contributed by atoms with Gasteiger partial charge in [-0.05, 0) is 0 Å². The van der Waals surface area contributed by atoms with Crippen LogP contribution in [-0.2, 0) is 38.1 Å². The Hall–Kier alpha value is -2.38. The van der Waals surface area contributed by atoms with E-state index in [1.165, 1.54) is 27.7 Å². The number of carbonyl (C=O) groups excluding carboxylic acids is 4. The fourth-order valence-electron chi connectivity index (χ4n) is 3.05. The van der Waals surface area contributed by atoms with E-state index in [0.717, 1.165) is 0 Å². The summed E-state index contributed by atoms with van der Waals surface area (Å²) < 4.78 is 20.5. The molecular weight excluding hydrogens is 435 g/mol. The quantitative estimate of drug-likeness (QED) is 0.360. The van der Waals surface area contributed by atoms with Gasteiger partial charge in [-0.2, -0.15) is 0 Å². The maximum atomic E-state index is 12.0. The first kappa shape index (κ1) is 21.9. The van der Waals surface area contributed by atoms with Crippen LogP contribution in [0.5, 0.6) is 0 Å². The molecule has 28 heavy (non-hydrogen) atoms. The number of esters is 4. The van der Waals surface area contributed by atoms with Gasteiger partial charge in [0, 0.05) is 0 Å². The van der Waals surface area contributed by atoms with Crippen LogP contribution in [0.15, 0.2) is 30.3 Å². The number of hydrogen-bond acceptors (Lipinski definition) is 8. The zero-order chi connectivity index (χ0) is 20.9. The van der Waals surface area contributed by atoms with E-state index < -0.39 is 61.6 Å². The summed E-state index contributed by atoms with van der Waals surface area (Å²) in [4.78, 5) is 47.2. The van der Waals surface area contributed by atoms with Gasteiger partial charge < -0.3 is 0 Å². The predicted molar refractivity (Wildman–Crippen MR) is 97.1 cm³/mol. The van der Waals surface area contributed by atoms with Crippen molar-refractivity contribution >= 4 is 38.8 Å². The van der Waals surface area contributed by atoms with E-state index in [0.29, 0.717) is 10.9 Å². The topological polar surface area (TPSA) is 105 Å². The molecule has 0 N–H and O–H groups in total. The Kier molecular flexibility index (Phi) is 7.21. The summed E-state index contributed by atoms with van der Waals surface area (Å²) in [6, 6.07) is 8.73. The van der Waals surface area contributed by atoms with Crippen molar-refractivity contribution in [2.45, 2.75) is 55.8 Å². The Labute approximate surface area is 169 Å². The Morgan fingerprint density at radius 3 is 2.04 bits per heavy atom. The summed E-state index contributed by atoms with van der Waals surface area (Å²) >= 11 is -0.533. The molecule has 1 fully saturated rings. The standard InChI is InChI=1S/C19H22O8Se/c1-11(20)24-16-10-28-19(27-14(4)23,18(16)26-13(3)22)17(25-12(2)21)15-8-6-5-7-9-15/h5-9,16-18H,10H2,1-4H3/t16-,17-,18-,19+/m0/s1. The van der Waals surface area contributed by atoms with Crippen LogP contribution in [0.2, 0.25) is 5.32 Å². The molecule has 0 amide bonds. The van der Waals surface area contributed by atoms with Crippen molar-refractivity contribution < 1.29 is 38.1 Å². The van der Waals surface area contributed by atoms with Crippen LogP contribution in [0.1, 0.15) is 39.4 Å². The minimum atomic E-state index is -1.47. The molecular formula is C19H22O8Se. The molecule has 0 spiro atoms. The Bertz CT molecular complexity index is 750. The summed E-state index contributed by atoms with van der Waals surface area (Å²) in [6.07, 6.45) is -2.95. The van der Waals surface area contributed by atoms with Gasteiger partial charge in [0.25, 0.3) is 0 Å². The van der Waals surface area contributed by atoms with E-state index in [9.17, 15) is 19.2 Å². The first-order valence-corrected chi connectivity index (χ1v) is 10.6. The summed E-state index contributed by atoms with van der Waals surface area (Å²) in [5, 5.41) is 0.322. The van der Waals surface area contributed by atoms with Gasteiger partial charge in [0.15, 0.2) is 0 Å². The van der Waals surface area contributed by atoms with Crippen molar-refractivity contribution in [3.05, 3.63) is 35.9 Å². The molecule has 8 nitrogen and oxygen atoms in total. The van der Waals surface area contributed by atoms with Gasteiger partial charge in [-0.15, -0.1) is 0 Å². The molecule has 9 heteroatoms. The molecule has 1 heterocycles. The molecule has 2 rings (SSSR count). The van der Waals surface area contributed by atoms with Crippen molar-refractivity contribution in [2.75, 3.05) is 0 Å². The van der Waals surface area contributed by atoms with E-state index in [1.807, 2.05) is 0 Å². The molecule has 0 aliphatic carbocycles. The molecule has 0 saturated carbocycles. The third-order valence-corrected chi connectivity index (χ3v) is 6.97. The SMILES string of the molecule is CC(=O)O[C@H]1C[Se][C@](OC(C)=O)([C@@H](OC(C)=O)c2ccccc2)[C@H]1OC(C)=O. The molecule has 0 bridgehead atoms. The fraction of sp³-hybridized carbons (Fsp3) is 0.474. The third-order valence-electron chi connectivity index (χ3n) is 3.87. The van der Waals surface area contributed by atoms with Gasteiger partial charge in [0.1, 0.15) is 0 Å². The second kappa shape index (κ2) is 9.21. The molecule has 1 aliphatic rings. The van der Waals surface area contributed by atoms with Crippen LogP contribution < -0.4 is 0 Å². The molecule has 0 radical (unpaired) electrons. The van der Waals surface area contributed by atoms with Crippen LogP contribution in [0, 0.1) is 0 Å². The zero-order valence-corrected chi connectivity index (χ0v) is 17.7. The van der Waals surface area contributed by atoms with Crippen molar-refractivity contribution in [1.29, 1.82) is 0 Å². The summed E-state index contributed by atoms with van der Waals surface area (Å²) in [5.41, 5.74) is 0.571. The van der Waals surface area contributed by atoms with Gasteiger partial charge >= 0.3 is 169 Å². The van der Waals surface area contributed by atoms with Crippen LogP contribution in [0.4, 0.5) is 0 Å². The first-order chi connectivity index (χ1) is 13.2. The molecule has 1 aromatic carbocycles. The molecule has 1 aliphatic heterocycles. The van der Waals surface area contributed by atoms with Crippen molar-refractivity contribution in [3.63, 3.8) is 0 Å². The molecule has 152 valence electrons. The van der Waals surface area contributed by atoms with Gasteiger partial charge in [-0.25, -0.2) is 0 Å². The van der Waals surface area contributed by atoms with Crippen LogP contribution >= 0.6 is 0 Å². The number of ether oxygens (including phenoxy) is 4.